The van der Waals surface area contributed by atoms with Gasteiger partial charge in [0.05, 0.1) is 0 Å². The van der Waals surface area contributed by atoms with Crippen LogP contribution in [0.4, 0.5) is 0 Å². The molecule has 0 heterocycles. The fourth-order valence-electron chi connectivity index (χ4n) is 0. The van der Waals surface area contributed by atoms with E-state index in [2.05, 4.69) is 0 Å². The zero-order valence-corrected chi connectivity index (χ0v) is 12.8. The van der Waals surface area contributed by atoms with E-state index in [9.17, 15) is 0 Å². The van der Waals surface area contributed by atoms with E-state index < -0.39 is 18.3 Å². The summed E-state index contributed by atoms with van der Waals surface area (Å²) in [5.41, 5.74) is 0. The van der Waals surface area contributed by atoms with Gasteiger partial charge in [-0.3, -0.25) is 0 Å². The number of hydrogen-bond donors (Lipinski definition) is 0. The van der Waals surface area contributed by atoms with E-state index in [1.165, 1.54) is 0 Å². The molecule has 6 nitrogen and oxygen atoms in total. The van der Waals surface area contributed by atoms with Crippen LogP contribution in [-0.2, 0) is 53.7 Å². The Morgan fingerprint density at radius 1 is 0.700 bits per heavy atom. The van der Waals surface area contributed by atoms with Gasteiger partial charge in [0.25, 0.3) is 0 Å². The summed E-state index contributed by atoms with van der Waals surface area (Å²) >= 11 is 0. The molecule has 10 heteroatoms. The molecule has 54 valence electrons. The average molecular weight is 514 g/mol. The molecule has 0 aliphatic rings. The first-order valence-corrected chi connectivity index (χ1v) is 3.67. The summed E-state index contributed by atoms with van der Waals surface area (Å²) in [6, 6.07) is 0. The molecule has 0 saturated carbocycles. The average Bonchev–Trinajstić information content (AvgIpc) is 1.25. The summed E-state index contributed by atoms with van der Waals surface area (Å²) in [4.78, 5) is 34.1. The van der Waals surface area contributed by atoms with Crippen molar-refractivity contribution in [3.8, 4) is 0 Å². The molecular formula is O6Si2Ta2. The fourth-order valence-corrected chi connectivity index (χ4v) is 0. The van der Waals surface area contributed by atoms with Crippen LogP contribution in [0.25, 0.3) is 0 Å². The Bertz CT molecular complexity index is 71.7. The van der Waals surface area contributed by atoms with Crippen molar-refractivity contribution in [1.82, 2.24) is 0 Å². The van der Waals surface area contributed by atoms with Crippen LogP contribution in [0.2, 0.25) is 0 Å². The van der Waals surface area contributed by atoms with Gasteiger partial charge in [-0.15, -0.1) is 0 Å². The minimum atomic E-state index is -3.63. The molecule has 0 fully saturated rings. The van der Waals surface area contributed by atoms with Crippen LogP contribution in [0.1, 0.15) is 0 Å². The molecule has 0 aliphatic heterocycles. The third kappa shape index (κ3) is 1020. The molecule has 0 aromatic carbocycles. The van der Waals surface area contributed by atoms with Crippen LogP contribution >= 0.6 is 0 Å². The Morgan fingerprint density at radius 2 is 0.700 bits per heavy atom. The SMILES string of the molecule is O=[Si]([O-])[O-].O=[Si]([O-])[O-].[Ta+2].[Ta+2]. The Labute approximate surface area is 90.7 Å². The van der Waals surface area contributed by atoms with Crippen molar-refractivity contribution in [3.05, 3.63) is 0 Å². The van der Waals surface area contributed by atoms with Crippen LogP contribution < -0.4 is 19.2 Å². The summed E-state index contributed by atoms with van der Waals surface area (Å²) in [6.07, 6.45) is 0. The van der Waals surface area contributed by atoms with Gasteiger partial charge in [0, 0.05) is 18.3 Å². The van der Waals surface area contributed by atoms with Crippen LogP contribution in [0, 0.1) is 0 Å². The molecule has 2 radical (unpaired) electrons. The van der Waals surface area contributed by atoms with Gasteiger partial charge >= 0.3 is 44.8 Å². The third-order valence-electron chi connectivity index (χ3n) is 0. The van der Waals surface area contributed by atoms with Gasteiger partial charge in [0.2, 0.25) is 0 Å². The Kier molecular flexibility index (Phi) is 36.7. The van der Waals surface area contributed by atoms with Crippen LogP contribution in [0.5, 0.6) is 0 Å². The Balaban J connectivity index is -0.0000000300. The maximum absolute atomic E-state index is 8.52. The van der Waals surface area contributed by atoms with E-state index in [0.29, 0.717) is 0 Å². The van der Waals surface area contributed by atoms with Crippen LogP contribution in [0.3, 0.4) is 0 Å². The molecule has 0 amide bonds. The summed E-state index contributed by atoms with van der Waals surface area (Å²) in [5.74, 6) is 0. The molecular weight excluding hydrogens is 514 g/mol. The third-order valence-corrected chi connectivity index (χ3v) is 0. The van der Waals surface area contributed by atoms with Crippen LogP contribution in [0.15, 0.2) is 0 Å². The molecule has 0 unspecified atom stereocenters. The van der Waals surface area contributed by atoms with Crippen molar-refractivity contribution in [3.63, 3.8) is 0 Å². The molecule has 0 saturated heterocycles. The van der Waals surface area contributed by atoms with Gasteiger partial charge in [-0.1, -0.05) is 0 Å². The smallest absolute Gasteiger partial charge is 0.672 e. The molecule has 0 aromatic rings. The van der Waals surface area contributed by atoms with Crippen molar-refractivity contribution in [2.45, 2.75) is 0 Å². The number of rotatable bonds is 0. The van der Waals surface area contributed by atoms with E-state index in [0.717, 1.165) is 0 Å². The predicted octanol–water partition coefficient (Wildman–Crippen LogP) is -5.76. The largest absolute Gasteiger partial charge is 2.00 e. The van der Waals surface area contributed by atoms with Gasteiger partial charge in [-0.2, -0.15) is 0 Å². The second-order valence-electron chi connectivity index (χ2n) is 0.500. The van der Waals surface area contributed by atoms with Gasteiger partial charge in [-0.25, -0.2) is 0 Å². The van der Waals surface area contributed by atoms with Crippen molar-refractivity contribution in [2.75, 3.05) is 0 Å². The first-order chi connectivity index (χ1) is 3.46. The van der Waals surface area contributed by atoms with E-state index in [1.54, 1.807) is 0 Å². The summed E-state index contributed by atoms with van der Waals surface area (Å²) < 4.78 is 17.0. The maximum atomic E-state index is 8.52. The van der Waals surface area contributed by atoms with Gasteiger partial charge in [0.15, 0.2) is 0 Å². The molecule has 0 atom stereocenters. The summed E-state index contributed by atoms with van der Waals surface area (Å²) in [5, 5.41) is 0. The second-order valence-corrected chi connectivity index (χ2v) is 1.50. The minimum Gasteiger partial charge on any atom is -0.672 e. The standard InChI is InChI=1S/2O3Si.2Ta/c2*1-4(2)3;;/q2*-2;2*+2. The zero-order valence-electron chi connectivity index (χ0n) is 4.34. The van der Waals surface area contributed by atoms with Gasteiger partial charge < -0.3 is 28.1 Å². The zero-order chi connectivity index (χ0) is 7.15. The molecule has 0 N–H and O–H groups in total. The molecule has 0 bridgehead atoms. The Hall–Kier alpha value is 0.714. The minimum absolute atomic E-state index is 0. The normalized spacial score (nSPS) is 4.80. The molecule has 0 aliphatic carbocycles. The first kappa shape index (κ1) is 22.4. The van der Waals surface area contributed by atoms with Crippen molar-refractivity contribution >= 4 is 18.3 Å². The van der Waals surface area contributed by atoms with E-state index in [4.69, 9.17) is 28.1 Å². The van der Waals surface area contributed by atoms with E-state index in [1.807, 2.05) is 0 Å². The molecule has 0 rings (SSSR count). The van der Waals surface area contributed by atoms with Crippen molar-refractivity contribution in [2.24, 2.45) is 0 Å². The van der Waals surface area contributed by atoms with Gasteiger partial charge in [-0.05, 0) is 0 Å². The summed E-state index contributed by atoms with van der Waals surface area (Å²) in [7, 11) is -7.26. The molecule has 10 heavy (non-hydrogen) atoms. The molecule has 0 aromatic heterocycles. The number of hydrogen-bond acceptors (Lipinski definition) is 6. The van der Waals surface area contributed by atoms with E-state index >= 15 is 0 Å². The monoisotopic (exact) mass is 514 g/mol. The molecule has 0 spiro atoms. The van der Waals surface area contributed by atoms with E-state index in [-0.39, 0.29) is 44.8 Å². The fraction of sp³-hybridized carbons (Fsp3) is 0. The van der Waals surface area contributed by atoms with Crippen LogP contribution in [-0.4, -0.2) is 18.3 Å². The van der Waals surface area contributed by atoms with Gasteiger partial charge in [0.1, 0.15) is 0 Å². The quantitative estimate of drug-likeness (QED) is 0.297. The first-order valence-electron chi connectivity index (χ1n) is 1.22. The predicted molar refractivity (Wildman–Crippen MR) is 12.9 cm³/mol. The summed E-state index contributed by atoms with van der Waals surface area (Å²) in [6.45, 7) is 0. The topological polar surface area (TPSA) is 126 Å². The Morgan fingerprint density at radius 3 is 0.700 bits per heavy atom. The van der Waals surface area contributed by atoms with Crippen molar-refractivity contribution < 1.29 is 72.9 Å². The second kappa shape index (κ2) is 16.4. The van der Waals surface area contributed by atoms with Crippen molar-refractivity contribution in [1.29, 1.82) is 0 Å². The maximum Gasteiger partial charge on any atom is 2.00 e.